The van der Waals surface area contributed by atoms with Gasteiger partial charge in [0.2, 0.25) is 6.33 Å². The monoisotopic (exact) mass is 301 g/mol. The van der Waals surface area contributed by atoms with Crippen LogP contribution in [0.5, 0.6) is 0 Å². The number of hydrogen-bond acceptors (Lipinski definition) is 2. The fourth-order valence-corrected chi connectivity index (χ4v) is 2.01. The van der Waals surface area contributed by atoms with Gasteiger partial charge in [-0.2, -0.15) is 0 Å². The molecule has 0 aliphatic carbocycles. The molecule has 0 amide bonds. The number of benzene rings is 1. The van der Waals surface area contributed by atoms with E-state index in [1.54, 1.807) is 6.07 Å². The molecule has 1 heterocycles. The number of rotatable bonds is 4. The molecule has 0 unspecified atom stereocenters. The van der Waals surface area contributed by atoms with Gasteiger partial charge in [0, 0.05) is 0 Å². The summed E-state index contributed by atoms with van der Waals surface area (Å²) >= 11 is 0. The first-order valence-corrected chi connectivity index (χ1v) is 7.56. The molecule has 0 aliphatic rings. The summed E-state index contributed by atoms with van der Waals surface area (Å²) in [6, 6.07) is 7.62. The van der Waals surface area contributed by atoms with Crippen molar-refractivity contribution in [1.82, 2.24) is 4.57 Å². The molecule has 0 N–H and O–H groups in total. The van der Waals surface area contributed by atoms with Gasteiger partial charge in [-0.05, 0) is 30.0 Å². The molecule has 4 nitrogen and oxygen atoms in total. The minimum absolute atomic E-state index is 0.0623. The summed E-state index contributed by atoms with van der Waals surface area (Å²) in [5.74, 6) is -0.262. The summed E-state index contributed by atoms with van der Waals surface area (Å²) in [7, 11) is 1.98. The maximum absolute atomic E-state index is 12.3. The van der Waals surface area contributed by atoms with Crippen LogP contribution in [0.15, 0.2) is 43.0 Å². The molecule has 0 bridgehead atoms. The van der Waals surface area contributed by atoms with E-state index in [1.807, 2.05) is 55.5 Å². The second-order valence-corrected chi connectivity index (χ2v) is 6.87. The molecule has 0 saturated carbocycles. The van der Waals surface area contributed by atoms with E-state index in [0.717, 1.165) is 12.1 Å². The molecule has 0 aliphatic heterocycles. The third-order valence-electron chi connectivity index (χ3n) is 3.85. The minimum atomic E-state index is -0.262. The molecule has 1 aromatic heterocycles. The van der Waals surface area contributed by atoms with Crippen LogP contribution < -0.4 is 4.57 Å². The van der Waals surface area contributed by atoms with E-state index >= 15 is 0 Å². The van der Waals surface area contributed by atoms with Gasteiger partial charge in [0.05, 0.1) is 12.6 Å². The summed E-state index contributed by atoms with van der Waals surface area (Å²) in [6.45, 7) is 8.85. The number of aryl methyl sites for hydroxylation is 1. The fourth-order valence-electron chi connectivity index (χ4n) is 2.01. The zero-order valence-electron chi connectivity index (χ0n) is 14.0. The van der Waals surface area contributed by atoms with Gasteiger partial charge >= 0.3 is 5.97 Å². The van der Waals surface area contributed by atoms with Crippen LogP contribution in [0.4, 0.5) is 0 Å². The Hall–Kier alpha value is -2.10. The maximum atomic E-state index is 12.3. The zero-order chi connectivity index (χ0) is 16.3. The van der Waals surface area contributed by atoms with Crippen LogP contribution in [0.25, 0.3) is 0 Å². The first-order chi connectivity index (χ1) is 10.3. The lowest BCUT2D eigenvalue weighted by Crippen LogP contribution is -2.31. The average molecular weight is 301 g/mol. The lowest BCUT2D eigenvalue weighted by Gasteiger charge is -2.26. The topological polar surface area (TPSA) is 35.1 Å². The number of carbonyl (C=O) groups excluding carboxylic acids is 1. The van der Waals surface area contributed by atoms with Crippen molar-refractivity contribution in [1.29, 1.82) is 0 Å². The molecule has 22 heavy (non-hydrogen) atoms. The van der Waals surface area contributed by atoms with Gasteiger partial charge < -0.3 is 4.74 Å². The standard InChI is InChI=1S/C18H25N2O2/c1-14(18(2,3)4)22-17(21)16-8-6-7-15(11-16)12-20-10-9-19(5)13-20/h6-11,13-14H,12H2,1-5H3/q+1/t14-/m1/s1. The molecule has 0 saturated heterocycles. The number of imidazole rings is 1. The number of carbonyl (C=O) groups is 1. The smallest absolute Gasteiger partial charge is 0.338 e. The molecule has 1 atom stereocenters. The largest absolute Gasteiger partial charge is 0.459 e. The van der Waals surface area contributed by atoms with Crippen LogP contribution in [0.3, 0.4) is 0 Å². The Morgan fingerprint density at radius 3 is 2.68 bits per heavy atom. The van der Waals surface area contributed by atoms with Crippen molar-refractivity contribution in [3.8, 4) is 0 Å². The first-order valence-electron chi connectivity index (χ1n) is 7.56. The highest BCUT2D eigenvalue weighted by Gasteiger charge is 2.24. The van der Waals surface area contributed by atoms with Crippen molar-refractivity contribution in [2.75, 3.05) is 0 Å². The minimum Gasteiger partial charge on any atom is -0.459 e. The quantitative estimate of drug-likeness (QED) is 0.643. The molecular formula is C18H25N2O2+. The second-order valence-electron chi connectivity index (χ2n) is 6.87. The highest BCUT2D eigenvalue weighted by Crippen LogP contribution is 2.22. The van der Waals surface area contributed by atoms with Crippen LogP contribution in [0, 0.1) is 5.41 Å². The molecule has 4 heteroatoms. The summed E-state index contributed by atoms with van der Waals surface area (Å²) in [5.41, 5.74) is 1.62. The summed E-state index contributed by atoms with van der Waals surface area (Å²) < 4.78 is 9.62. The van der Waals surface area contributed by atoms with Gasteiger partial charge in [0.15, 0.2) is 0 Å². The maximum Gasteiger partial charge on any atom is 0.338 e. The van der Waals surface area contributed by atoms with Crippen molar-refractivity contribution in [3.05, 3.63) is 54.1 Å². The van der Waals surface area contributed by atoms with Crippen LogP contribution in [-0.2, 0) is 18.3 Å². The third kappa shape index (κ3) is 4.20. The lowest BCUT2D eigenvalue weighted by molar-refractivity contribution is -0.687. The van der Waals surface area contributed by atoms with Crippen LogP contribution in [0.1, 0.15) is 43.6 Å². The van der Waals surface area contributed by atoms with E-state index in [2.05, 4.69) is 25.3 Å². The van der Waals surface area contributed by atoms with Crippen molar-refractivity contribution in [2.24, 2.45) is 12.5 Å². The van der Waals surface area contributed by atoms with Gasteiger partial charge in [-0.15, -0.1) is 0 Å². The molecule has 0 spiro atoms. The van der Waals surface area contributed by atoms with E-state index < -0.39 is 0 Å². The Balaban J connectivity index is 2.09. The zero-order valence-corrected chi connectivity index (χ0v) is 14.0. The van der Waals surface area contributed by atoms with Gasteiger partial charge in [0.25, 0.3) is 0 Å². The Kier molecular flexibility index (Phi) is 4.69. The van der Waals surface area contributed by atoms with Gasteiger partial charge in [-0.25, -0.2) is 13.9 Å². The molecule has 0 radical (unpaired) electrons. The average Bonchev–Trinajstić information content (AvgIpc) is 2.83. The molecule has 2 rings (SSSR count). The van der Waals surface area contributed by atoms with E-state index in [1.165, 1.54) is 0 Å². The summed E-state index contributed by atoms with van der Waals surface area (Å²) in [4.78, 5) is 12.3. The molecular weight excluding hydrogens is 276 g/mol. The number of esters is 1. The molecule has 1 aromatic carbocycles. The Labute approximate surface area is 132 Å². The molecule has 0 fully saturated rings. The predicted octanol–water partition coefficient (Wildman–Crippen LogP) is 2.95. The van der Waals surface area contributed by atoms with Crippen LogP contribution >= 0.6 is 0 Å². The lowest BCUT2D eigenvalue weighted by atomic mass is 9.90. The van der Waals surface area contributed by atoms with Crippen LogP contribution in [0.2, 0.25) is 0 Å². The highest BCUT2D eigenvalue weighted by molar-refractivity contribution is 5.89. The van der Waals surface area contributed by atoms with Gasteiger partial charge in [0.1, 0.15) is 25.0 Å². The highest BCUT2D eigenvalue weighted by atomic mass is 16.5. The predicted molar refractivity (Wildman–Crippen MR) is 85.5 cm³/mol. The first kappa shape index (κ1) is 16.3. The second kappa shape index (κ2) is 6.34. The number of nitrogens with zero attached hydrogens (tertiary/aromatic N) is 2. The molecule has 118 valence electrons. The van der Waals surface area contributed by atoms with Crippen LogP contribution in [-0.4, -0.2) is 16.6 Å². The number of hydrogen-bond donors (Lipinski definition) is 0. The normalized spacial score (nSPS) is 13.0. The van der Waals surface area contributed by atoms with E-state index in [0.29, 0.717) is 5.56 Å². The summed E-state index contributed by atoms with van der Waals surface area (Å²) in [6.07, 6.45) is 5.87. The van der Waals surface area contributed by atoms with E-state index in [4.69, 9.17) is 4.74 Å². The Morgan fingerprint density at radius 2 is 2.09 bits per heavy atom. The SMILES string of the molecule is C[C@@H](OC(=O)c1cccc(C[n+]2ccn(C)c2)c1)C(C)(C)C. The van der Waals surface area contributed by atoms with E-state index in [-0.39, 0.29) is 17.5 Å². The third-order valence-corrected chi connectivity index (χ3v) is 3.85. The summed E-state index contributed by atoms with van der Waals surface area (Å²) in [5, 5.41) is 0. The van der Waals surface area contributed by atoms with E-state index in [9.17, 15) is 4.79 Å². The van der Waals surface area contributed by atoms with Crippen molar-refractivity contribution < 1.29 is 14.1 Å². The van der Waals surface area contributed by atoms with Crippen molar-refractivity contribution in [3.63, 3.8) is 0 Å². The van der Waals surface area contributed by atoms with Gasteiger partial charge in [-0.3, -0.25) is 0 Å². The number of ether oxygens (including phenoxy) is 1. The van der Waals surface area contributed by atoms with Crippen molar-refractivity contribution in [2.45, 2.75) is 40.3 Å². The Morgan fingerprint density at radius 1 is 1.36 bits per heavy atom. The van der Waals surface area contributed by atoms with Crippen molar-refractivity contribution >= 4 is 5.97 Å². The van der Waals surface area contributed by atoms with Gasteiger partial charge in [-0.1, -0.05) is 32.9 Å². The fraction of sp³-hybridized carbons (Fsp3) is 0.444. The Bertz CT molecular complexity index is 653. The molecule has 2 aromatic rings. The number of aromatic nitrogens is 2.